The molecule has 0 aromatic carbocycles. The molecule has 0 aliphatic heterocycles. The summed E-state index contributed by atoms with van der Waals surface area (Å²) in [7, 11) is 2.35. The van der Waals surface area contributed by atoms with Crippen LogP contribution < -0.4 is 0 Å². The molecular weight excluding hydrogens is 417 g/mol. The summed E-state index contributed by atoms with van der Waals surface area (Å²) in [5.41, 5.74) is 0. The summed E-state index contributed by atoms with van der Waals surface area (Å²) in [4.78, 5) is 10.4. The van der Waals surface area contributed by atoms with Crippen LogP contribution in [0.4, 0.5) is 0 Å². The number of hydrogen-bond donors (Lipinski definition) is 1. The fourth-order valence-electron chi connectivity index (χ4n) is 4.22. The quantitative estimate of drug-likeness (QED) is 0.0696. The molecule has 4 nitrogen and oxygen atoms in total. The molecule has 0 rings (SSSR count). The van der Waals surface area contributed by atoms with E-state index in [1.54, 1.807) is 0 Å². The molecular formula is C27H57NO3P+. The molecule has 0 heterocycles. The SMILES string of the molecule is CCCC/C=C\CCCCCCCCCCCCCCOP(=O)(O)C(CCC)[N+](C)(C)C. The molecule has 0 spiro atoms. The minimum atomic E-state index is -3.56. The molecule has 192 valence electrons. The molecule has 0 saturated heterocycles. The third-order valence-corrected chi connectivity index (χ3v) is 8.51. The van der Waals surface area contributed by atoms with E-state index in [0.29, 0.717) is 17.5 Å². The summed E-state index contributed by atoms with van der Waals surface area (Å²) < 4.78 is 18.6. The average molecular weight is 475 g/mol. The summed E-state index contributed by atoms with van der Waals surface area (Å²) >= 11 is 0. The van der Waals surface area contributed by atoms with Gasteiger partial charge in [-0.3, -0.25) is 4.57 Å². The molecule has 0 amide bonds. The van der Waals surface area contributed by atoms with Crippen LogP contribution in [0.2, 0.25) is 0 Å². The van der Waals surface area contributed by atoms with Gasteiger partial charge >= 0.3 is 7.60 Å². The Morgan fingerprint density at radius 2 is 1.16 bits per heavy atom. The Labute approximate surface area is 201 Å². The van der Waals surface area contributed by atoms with E-state index in [2.05, 4.69) is 26.0 Å². The molecule has 1 N–H and O–H groups in total. The molecule has 5 heteroatoms. The summed E-state index contributed by atoms with van der Waals surface area (Å²) in [5, 5.41) is 0. The Bertz CT molecular complexity index is 488. The van der Waals surface area contributed by atoms with E-state index < -0.39 is 7.60 Å². The first kappa shape index (κ1) is 31.9. The summed E-state index contributed by atoms with van der Waals surface area (Å²) in [6.45, 7) is 4.71. The van der Waals surface area contributed by atoms with Gasteiger partial charge in [0.25, 0.3) is 0 Å². The van der Waals surface area contributed by atoms with Gasteiger partial charge in [-0.05, 0) is 32.1 Å². The van der Waals surface area contributed by atoms with Gasteiger partial charge in [0.15, 0.2) is 5.78 Å². The Balaban J connectivity index is 3.51. The van der Waals surface area contributed by atoms with Crippen LogP contribution in [0.15, 0.2) is 12.2 Å². The van der Waals surface area contributed by atoms with Crippen molar-refractivity contribution in [3.8, 4) is 0 Å². The third kappa shape index (κ3) is 18.3. The Morgan fingerprint density at radius 3 is 1.59 bits per heavy atom. The molecule has 0 aliphatic carbocycles. The predicted molar refractivity (Wildman–Crippen MR) is 141 cm³/mol. The molecule has 0 fully saturated rings. The fourth-order valence-corrected chi connectivity index (χ4v) is 6.24. The minimum Gasteiger partial charge on any atom is -0.320 e. The van der Waals surface area contributed by atoms with Gasteiger partial charge in [0.2, 0.25) is 0 Å². The number of unbranched alkanes of at least 4 members (excludes halogenated alkanes) is 14. The molecule has 0 bridgehead atoms. The summed E-state index contributed by atoms with van der Waals surface area (Å²) in [5.74, 6) is -0.333. The van der Waals surface area contributed by atoms with Crippen molar-refractivity contribution in [1.29, 1.82) is 0 Å². The Morgan fingerprint density at radius 1 is 0.719 bits per heavy atom. The number of rotatable bonds is 23. The van der Waals surface area contributed by atoms with Crippen LogP contribution in [-0.4, -0.2) is 42.9 Å². The van der Waals surface area contributed by atoms with E-state index >= 15 is 0 Å². The number of quaternary nitrogens is 1. The van der Waals surface area contributed by atoms with Crippen molar-refractivity contribution in [3.63, 3.8) is 0 Å². The molecule has 32 heavy (non-hydrogen) atoms. The van der Waals surface area contributed by atoms with Crippen molar-refractivity contribution < 1.29 is 18.5 Å². The van der Waals surface area contributed by atoms with Crippen LogP contribution in [-0.2, 0) is 9.09 Å². The highest BCUT2D eigenvalue weighted by atomic mass is 31.2. The maximum absolute atomic E-state index is 12.6. The van der Waals surface area contributed by atoms with E-state index in [4.69, 9.17) is 4.52 Å². The van der Waals surface area contributed by atoms with Crippen LogP contribution in [0.1, 0.15) is 129 Å². The second-order valence-electron chi connectivity index (χ2n) is 10.4. The van der Waals surface area contributed by atoms with E-state index in [9.17, 15) is 9.46 Å². The number of allylic oxidation sites excluding steroid dienone is 2. The Kier molecular flexibility index (Phi) is 20.1. The zero-order chi connectivity index (χ0) is 24.1. The second-order valence-corrected chi connectivity index (χ2v) is 12.4. The molecule has 0 radical (unpaired) electrons. The molecule has 0 aliphatic rings. The molecule has 2 atom stereocenters. The first-order valence-electron chi connectivity index (χ1n) is 13.7. The zero-order valence-corrected chi connectivity index (χ0v) is 23.2. The highest BCUT2D eigenvalue weighted by molar-refractivity contribution is 7.53. The van der Waals surface area contributed by atoms with Crippen molar-refractivity contribution in [3.05, 3.63) is 12.2 Å². The largest absolute Gasteiger partial charge is 0.385 e. The standard InChI is InChI=1S/C27H56NO3P/c1-6-8-9-10-11-12-13-14-15-16-17-18-19-20-21-22-23-24-26-31-32(29,30)27(25-7-2)28(3,4)5/h10-11,27H,6-9,12-26H2,1-5H3/p+1/b11-10-. The topological polar surface area (TPSA) is 46.5 Å². The van der Waals surface area contributed by atoms with Crippen molar-refractivity contribution in [2.24, 2.45) is 0 Å². The van der Waals surface area contributed by atoms with Gasteiger partial charge in [-0.1, -0.05) is 103 Å². The summed E-state index contributed by atoms with van der Waals surface area (Å²) in [6.07, 6.45) is 26.9. The van der Waals surface area contributed by atoms with Gasteiger partial charge in [0, 0.05) is 6.42 Å². The van der Waals surface area contributed by atoms with Crippen LogP contribution in [0.5, 0.6) is 0 Å². The van der Waals surface area contributed by atoms with Crippen LogP contribution >= 0.6 is 7.60 Å². The lowest BCUT2D eigenvalue weighted by Crippen LogP contribution is -2.45. The summed E-state index contributed by atoms with van der Waals surface area (Å²) in [6, 6.07) is 0. The monoisotopic (exact) mass is 474 g/mol. The lowest BCUT2D eigenvalue weighted by molar-refractivity contribution is -0.883. The van der Waals surface area contributed by atoms with E-state index in [1.807, 2.05) is 21.1 Å². The Hall–Kier alpha value is -0.150. The maximum atomic E-state index is 12.6. The van der Waals surface area contributed by atoms with Gasteiger partial charge < -0.3 is 13.9 Å². The number of nitrogens with zero attached hydrogens (tertiary/aromatic N) is 1. The van der Waals surface area contributed by atoms with Gasteiger partial charge in [0.1, 0.15) is 0 Å². The van der Waals surface area contributed by atoms with Crippen molar-refractivity contribution in [2.75, 3.05) is 27.7 Å². The first-order valence-corrected chi connectivity index (χ1v) is 15.3. The molecule has 2 unspecified atom stereocenters. The van der Waals surface area contributed by atoms with Crippen LogP contribution in [0.25, 0.3) is 0 Å². The first-order chi connectivity index (χ1) is 15.3. The maximum Gasteiger partial charge on any atom is 0.385 e. The van der Waals surface area contributed by atoms with E-state index in [0.717, 1.165) is 19.3 Å². The molecule has 0 saturated carbocycles. The molecule has 0 aromatic rings. The fraction of sp³-hybridized carbons (Fsp3) is 0.926. The van der Waals surface area contributed by atoms with Crippen molar-refractivity contribution in [1.82, 2.24) is 0 Å². The van der Waals surface area contributed by atoms with Crippen LogP contribution in [0, 0.1) is 0 Å². The van der Waals surface area contributed by atoms with Crippen molar-refractivity contribution >= 4 is 7.60 Å². The highest BCUT2D eigenvalue weighted by Crippen LogP contribution is 2.51. The van der Waals surface area contributed by atoms with Gasteiger partial charge in [0.05, 0.1) is 27.7 Å². The van der Waals surface area contributed by atoms with Gasteiger partial charge in [-0.25, -0.2) is 0 Å². The lowest BCUT2D eigenvalue weighted by atomic mass is 10.0. The smallest absolute Gasteiger partial charge is 0.320 e. The normalized spacial score (nSPS) is 15.3. The van der Waals surface area contributed by atoms with Crippen molar-refractivity contribution in [2.45, 2.75) is 135 Å². The van der Waals surface area contributed by atoms with Crippen LogP contribution in [0.3, 0.4) is 0 Å². The van der Waals surface area contributed by atoms with E-state index in [1.165, 1.54) is 89.9 Å². The zero-order valence-electron chi connectivity index (χ0n) is 22.3. The van der Waals surface area contributed by atoms with Gasteiger partial charge in [-0.2, -0.15) is 0 Å². The third-order valence-electron chi connectivity index (χ3n) is 6.25. The predicted octanol–water partition coefficient (Wildman–Crippen LogP) is 8.84. The molecule has 0 aromatic heterocycles. The highest BCUT2D eigenvalue weighted by Gasteiger charge is 2.41. The van der Waals surface area contributed by atoms with Gasteiger partial charge in [-0.15, -0.1) is 0 Å². The second kappa shape index (κ2) is 20.2. The minimum absolute atomic E-state index is 0.333. The van der Waals surface area contributed by atoms with E-state index in [-0.39, 0.29) is 5.78 Å². The average Bonchev–Trinajstić information content (AvgIpc) is 2.72. The lowest BCUT2D eigenvalue weighted by Gasteiger charge is -2.35. The number of hydrogen-bond acceptors (Lipinski definition) is 2.